The normalized spacial score (nSPS) is 9.75. The second-order valence-corrected chi connectivity index (χ2v) is 2.31. The molecule has 0 amide bonds. The van der Waals surface area contributed by atoms with Crippen molar-refractivity contribution in [1.29, 1.82) is 0 Å². The highest BCUT2D eigenvalue weighted by Crippen LogP contribution is 2.14. The Labute approximate surface area is 75.0 Å². The van der Waals surface area contributed by atoms with Gasteiger partial charge in [0, 0.05) is 7.05 Å². The molecule has 2 N–H and O–H groups in total. The second-order valence-electron chi connectivity index (χ2n) is 2.31. The van der Waals surface area contributed by atoms with E-state index in [4.69, 9.17) is 5.73 Å². The number of aromatic nitrogens is 4. The van der Waals surface area contributed by atoms with E-state index in [-0.39, 0.29) is 12.4 Å². The largest absolute Gasteiger partial charge is 0.396 e. The van der Waals surface area contributed by atoms with Crippen LogP contribution in [-0.4, -0.2) is 20.0 Å². The van der Waals surface area contributed by atoms with E-state index >= 15 is 0 Å². The lowest BCUT2D eigenvalue weighted by Gasteiger charge is -1.94. The van der Waals surface area contributed by atoms with Gasteiger partial charge in [-0.25, -0.2) is 4.68 Å². The molecule has 0 aromatic carbocycles. The van der Waals surface area contributed by atoms with E-state index in [0.717, 1.165) is 11.0 Å². The molecule has 0 unspecified atom stereocenters. The van der Waals surface area contributed by atoms with Gasteiger partial charge in [-0.05, 0) is 0 Å². The van der Waals surface area contributed by atoms with E-state index in [9.17, 15) is 0 Å². The summed E-state index contributed by atoms with van der Waals surface area (Å²) in [5.74, 6) is 0. The molecular weight excluding hydrogens is 178 g/mol. The van der Waals surface area contributed by atoms with Crippen molar-refractivity contribution in [2.24, 2.45) is 7.05 Å². The van der Waals surface area contributed by atoms with E-state index in [1.807, 2.05) is 0 Å². The molecule has 0 aliphatic carbocycles. The molecule has 2 aromatic heterocycles. The zero-order valence-electron chi connectivity index (χ0n) is 6.43. The number of nitrogens with two attached hydrogens (primary N) is 1. The number of pyridine rings is 1. The Bertz CT molecular complexity index is 396. The fourth-order valence-electron chi connectivity index (χ4n) is 1.04. The maximum atomic E-state index is 5.64. The number of rotatable bonds is 0. The average molecular weight is 186 g/mol. The van der Waals surface area contributed by atoms with Crippen LogP contribution < -0.4 is 5.73 Å². The monoisotopic (exact) mass is 185 g/mol. The predicted molar refractivity (Wildman–Crippen MR) is 48.0 cm³/mol. The van der Waals surface area contributed by atoms with Crippen molar-refractivity contribution < 1.29 is 0 Å². The van der Waals surface area contributed by atoms with Crippen molar-refractivity contribution in [2.75, 3.05) is 5.73 Å². The minimum Gasteiger partial charge on any atom is -0.396 e. The number of fused-ring (bicyclic) bond motifs is 1. The predicted octanol–water partition coefficient (Wildman–Crippen LogP) is 0.367. The second kappa shape index (κ2) is 2.94. The molecule has 6 heteroatoms. The quantitative estimate of drug-likeness (QED) is 0.644. The number of hydrogen-bond acceptors (Lipinski definition) is 4. The number of halogens is 1. The van der Waals surface area contributed by atoms with Crippen molar-refractivity contribution in [3.63, 3.8) is 0 Å². The van der Waals surface area contributed by atoms with E-state index in [0.29, 0.717) is 5.69 Å². The SMILES string of the molecule is Cl.Cn1nnc2cncc(N)c21. The smallest absolute Gasteiger partial charge is 0.133 e. The van der Waals surface area contributed by atoms with Crippen molar-refractivity contribution in [3.8, 4) is 0 Å². The zero-order chi connectivity index (χ0) is 7.84. The molecule has 0 saturated carbocycles. The Morgan fingerprint density at radius 1 is 1.42 bits per heavy atom. The van der Waals surface area contributed by atoms with Gasteiger partial charge in [0.25, 0.3) is 0 Å². The van der Waals surface area contributed by atoms with Crippen LogP contribution in [0.4, 0.5) is 5.69 Å². The van der Waals surface area contributed by atoms with Crippen molar-refractivity contribution in [1.82, 2.24) is 20.0 Å². The Kier molecular flexibility index (Phi) is 2.14. The molecule has 2 rings (SSSR count). The fourth-order valence-corrected chi connectivity index (χ4v) is 1.04. The lowest BCUT2D eigenvalue weighted by atomic mass is 10.3. The minimum absolute atomic E-state index is 0. The van der Waals surface area contributed by atoms with E-state index in [1.165, 1.54) is 0 Å². The summed E-state index contributed by atoms with van der Waals surface area (Å²) in [6, 6.07) is 0. The van der Waals surface area contributed by atoms with Gasteiger partial charge in [-0.15, -0.1) is 17.5 Å². The third-order valence-electron chi connectivity index (χ3n) is 1.54. The first kappa shape index (κ1) is 8.73. The van der Waals surface area contributed by atoms with Gasteiger partial charge in [-0.3, -0.25) is 4.98 Å². The molecule has 0 saturated heterocycles. The number of hydrogen-bond donors (Lipinski definition) is 1. The summed E-state index contributed by atoms with van der Waals surface area (Å²) in [4.78, 5) is 3.88. The molecule has 0 bridgehead atoms. The third kappa shape index (κ3) is 1.08. The van der Waals surface area contributed by atoms with Crippen LogP contribution in [0.5, 0.6) is 0 Å². The number of aryl methyl sites for hydroxylation is 1. The maximum Gasteiger partial charge on any atom is 0.133 e. The Balaban J connectivity index is 0.000000720. The van der Waals surface area contributed by atoms with Crippen LogP contribution in [-0.2, 0) is 7.05 Å². The molecule has 0 atom stereocenters. The number of nitrogen functional groups attached to an aromatic ring is 1. The molecule has 2 aromatic rings. The Morgan fingerprint density at radius 3 is 2.83 bits per heavy atom. The molecule has 64 valence electrons. The molecular formula is C6H8ClN5. The lowest BCUT2D eigenvalue weighted by molar-refractivity contribution is 0.737. The first-order chi connectivity index (χ1) is 5.29. The lowest BCUT2D eigenvalue weighted by Crippen LogP contribution is -1.94. The Hall–Kier alpha value is -1.36. The topological polar surface area (TPSA) is 69.6 Å². The molecule has 5 nitrogen and oxygen atoms in total. The standard InChI is InChI=1S/C6H7N5.ClH/c1-11-6-4(7)2-8-3-5(6)9-10-11;/h2-3H,7H2,1H3;1H. The summed E-state index contributed by atoms with van der Waals surface area (Å²) < 4.78 is 1.63. The number of nitrogens with zero attached hydrogens (tertiary/aromatic N) is 4. The van der Waals surface area contributed by atoms with Crippen LogP contribution in [0, 0.1) is 0 Å². The summed E-state index contributed by atoms with van der Waals surface area (Å²) in [6.07, 6.45) is 3.23. The van der Waals surface area contributed by atoms with E-state index in [1.54, 1.807) is 24.1 Å². The van der Waals surface area contributed by atoms with Gasteiger partial charge in [0.15, 0.2) is 0 Å². The fraction of sp³-hybridized carbons (Fsp3) is 0.167. The maximum absolute atomic E-state index is 5.64. The van der Waals surface area contributed by atoms with Crippen molar-refractivity contribution in [3.05, 3.63) is 12.4 Å². The van der Waals surface area contributed by atoms with E-state index < -0.39 is 0 Å². The first-order valence-corrected chi connectivity index (χ1v) is 3.18. The van der Waals surface area contributed by atoms with Crippen LogP contribution in [0.15, 0.2) is 12.4 Å². The first-order valence-electron chi connectivity index (χ1n) is 3.18. The highest BCUT2D eigenvalue weighted by atomic mass is 35.5. The van der Waals surface area contributed by atoms with Gasteiger partial charge in [0.05, 0.1) is 18.1 Å². The minimum atomic E-state index is 0. The van der Waals surface area contributed by atoms with E-state index in [2.05, 4.69) is 15.3 Å². The van der Waals surface area contributed by atoms with Gasteiger partial charge >= 0.3 is 0 Å². The Morgan fingerprint density at radius 2 is 2.17 bits per heavy atom. The summed E-state index contributed by atoms with van der Waals surface area (Å²) in [5, 5.41) is 7.65. The highest BCUT2D eigenvalue weighted by Gasteiger charge is 2.03. The van der Waals surface area contributed by atoms with Crippen LogP contribution in [0.1, 0.15) is 0 Å². The number of anilines is 1. The summed E-state index contributed by atoms with van der Waals surface area (Å²) >= 11 is 0. The summed E-state index contributed by atoms with van der Waals surface area (Å²) in [5.41, 5.74) is 7.81. The molecule has 0 spiro atoms. The van der Waals surface area contributed by atoms with Crippen LogP contribution in [0.3, 0.4) is 0 Å². The highest BCUT2D eigenvalue weighted by molar-refractivity contribution is 5.85. The van der Waals surface area contributed by atoms with Gasteiger partial charge < -0.3 is 5.73 Å². The zero-order valence-corrected chi connectivity index (χ0v) is 7.25. The molecule has 0 radical (unpaired) electrons. The van der Waals surface area contributed by atoms with Gasteiger partial charge in [0.2, 0.25) is 0 Å². The van der Waals surface area contributed by atoms with Gasteiger partial charge in [-0.2, -0.15) is 0 Å². The average Bonchev–Trinajstić information content (AvgIpc) is 2.34. The third-order valence-corrected chi connectivity index (χ3v) is 1.54. The molecule has 12 heavy (non-hydrogen) atoms. The van der Waals surface area contributed by atoms with Crippen LogP contribution in [0.25, 0.3) is 11.0 Å². The van der Waals surface area contributed by atoms with Crippen LogP contribution >= 0.6 is 12.4 Å². The molecule has 0 aliphatic heterocycles. The summed E-state index contributed by atoms with van der Waals surface area (Å²) in [6.45, 7) is 0. The molecule has 0 fully saturated rings. The van der Waals surface area contributed by atoms with Gasteiger partial charge in [0.1, 0.15) is 11.0 Å². The van der Waals surface area contributed by atoms with Crippen molar-refractivity contribution in [2.45, 2.75) is 0 Å². The van der Waals surface area contributed by atoms with Crippen molar-refractivity contribution >= 4 is 29.1 Å². The molecule has 0 aliphatic rings. The summed E-state index contributed by atoms with van der Waals surface area (Å²) in [7, 11) is 1.80. The molecule has 2 heterocycles. The van der Waals surface area contributed by atoms with Crippen LogP contribution in [0.2, 0.25) is 0 Å². The van der Waals surface area contributed by atoms with Gasteiger partial charge in [-0.1, -0.05) is 5.21 Å².